The Morgan fingerprint density at radius 3 is 1.96 bits per heavy atom. The molecule has 0 aromatic heterocycles. The highest BCUT2D eigenvalue weighted by atomic mass is 19.4. The van der Waals surface area contributed by atoms with Gasteiger partial charge in [-0.3, -0.25) is 4.79 Å². The standard InChI is InChI=1S/C19H23F3N2.C14H15F5N2O.C2H6/c1-7-15-12(3)9-10-16(18(15)23-6)14(5)17(19(20,21)22)11-13(4)24-8-2;1-3-5-20-13(22)12-9(15)6-8(7-10(12)16)21-11(4-2)14(17,18)19;1-2/h7-11,23-24H,1-2H2,3-6H3;3,6-7,11,21H,1,4-5H2,2H3,(H,20,22);1-2H3/b13-11-,17-14-;;. The predicted octanol–water partition coefficient (Wildman–Crippen LogP) is 10.3. The minimum absolute atomic E-state index is 0.00367. The summed E-state index contributed by atoms with van der Waals surface area (Å²) in [6, 6.07) is 2.86. The van der Waals surface area contributed by atoms with Gasteiger partial charge in [-0.15, -0.1) is 6.58 Å². The Morgan fingerprint density at radius 1 is 0.979 bits per heavy atom. The van der Waals surface area contributed by atoms with E-state index in [-0.39, 0.29) is 24.2 Å². The molecule has 0 fully saturated rings. The number of anilines is 2. The van der Waals surface area contributed by atoms with Crippen molar-refractivity contribution in [3.05, 3.63) is 108 Å². The van der Waals surface area contributed by atoms with Crippen LogP contribution in [0.4, 0.5) is 46.5 Å². The number of alkyl halides is 6. The van der Waals surface area contributed by atoms with Crippen LogP contribution in [0.25, 0.3) is 11.6 Å². The number of nitrogens with one attached hydrogen (secondary N) is 4. The van der Waals surface area contributed by atoms with Gasteiger partial charge >= 0.3 is 12.4 Å². The lowest BCUT2D eigenvalue weighted by atomic mass is 9.93. The first kappa shape index (κ1) is 43.5. The minimum Gasteiger partial charge on any atom is -0.387 e. The topological polar surface area (TPSA) is 65.2 Å². The Balaban J connectivity index is 0.000000878. The molecule has 0 bridgehead atoms. The van der Waals surface area contributed by atoms with E-state index in [0.717, 1.165) is 17.2 Å². The third kappa shape index (κ3) is 12.6. The van der Waals surface area contributed by atoms with Crippen molar-refractivity contribution in [1.82, 2.24) is 10.6 Å². The average molecular weight is 689 g/mol. The first-order valence-electron chi connectivity index (χ1n) is 14.9. The fourth-order valence-corrected chi connectivity index (χ4v) is 4.28. The molecular weight excluding hydrogens is 644 g/mol. The first-order chi connectivity index (χ1) is 22.4. The molecule has 0 spiro atoms. The van der Waals surface area contributed by atoms with Crippen LogP contribution in [0.5, 0.6) is 0 Å². The van der Waals surface area contributed by atoms with Crippen LogP contribution in [-0.2, 0) is 0 Å². The molecule has 13 heteroatoms. The fraction of sp³-hybridized carbons (Fsp3) is 0.343. The quantitative estimate of drug-likeness (QED) is 0.102. The van der Waals surface area contributed by atoms with E-state index >= 15 is 0 Å². The Kier molecular flexibility index (Phi) is 18.1. The summed E-state index contributed by atoms with van der Waals surface area (Å²) in [5, 5.41) is 9.87. The summed E-state index contributed by atoms with van der Waals surface area (Å²) < 4.78 is 106. The number of carbonyl (C=O) groups is 1. The summed E-state index contributed by atoms with van der Waals surface area (Å²) in [6.45, 7) is 20.8. The highest BCUT2D eigenvalue weighted by Crippen LogP contribution is 2.38. The molecule has 2 aromatic rings. The van der Waals surface area contributed by atoms with E-state index in [0.29, 0.717) is 29.1 Å². The zero-order valence-electron chi connectivity index (χ0n) is 28.2. The van der Waals surface area contributed by atoms with Gasteiger partial charge < -0.3 is 21.3 Å². The number of hydrogen-bond acceptors (Lipinski definition) is 4. The van der Waals surface area contributed by atoms with E-state index < -0.39 is 47.1 Å². The third-order valence-corrected chi connectivity index (χ3v) is 6.54. The van der Waals surface area contributed by atoms with E-state index in [2.05, 4.69) is 35.7 Å². The molecule has 266 valence electrons. The van der Waals surface area contributed by atoms with E-state index in [1.807, 2.05) is 26.1 Å². The Labute approximate surface area is 277 Å². The molecule has 5 nitrogen and oxygen atoms in total. The lowest BCUT2D eigenvalue weighted by molar-refractivity contribution is -0.142. The molecule has 0 aliphatic heterocycles. The van der Waals surface area contributed by atoms with Crippen LogP contribution < -0.4 is 21.3 Å². The average Bonchev–Trinajstić information content (AvgIpc) is 3.00. The number of carbonyl (C=O) groups excluding carboxylic acids is 1. The van der Waals surface area contributed by atoms with Crippen LogP contribution in [0.15, 0.2) is 73.6 Å². The summed E-state index contributed by atoms with van der Waals surface area (Å²) in [7, 11) is 1.69. The molecule has 4 N–H and O–H groups in total. The predicted molar refractivity (Wildman–Crippen MR) is 181 cm³/mol. The van der Waals surface area contributed by atoms with Gasteiger partial charge in [-0.2, -0.15) is 26.3 Å². The number of allylic oxidation sites excluding steroid dienone is 4. The molecule has 0 saturated heterocycles. The highest BCUT2D eigenvalue weighted by Gasteiger charge is 2.38. The van der Waals surface area contributed by atoms with Crippen molar-refractivity contribution in [2.24, 2.45) is 0 Å². The molecule has 0 aliphatic rings. The molecule has 0 radical (unpaired) electrons. The summed E-state index contributed by atoms with van der Waals surface area (Å²) in [6.07, 6.45) is -3.95. The van der Waals surface area contributed by atoms with Gasteiger partial charge in [-0.25, -0.2) is 8.78 Å². The summed E-state index contributed by atoms with van der Waals surface area (Å²) >= 11 is 0. The Morgan fingerprint density at radius 2 is 1.54 bits per heavy atom. The molecule has 1 unspecified atom stereocenters. The van der Waals surface area contributed by atoms with Crippen molar-refractivity contribution in [1.29, 1.82) is 0 Å². The van der Waals surface area contributed by atoms with Crippen molar-refractivity contribution in [3.63, 3.8) is 0 Å². The fourth-order valence-electron chi connectivity index (χ4n) is 4.28. The maximum absolute atomic E-state index is 13.8. The molecule has 0 saturated carbocycles. The summed E-state index contributed by atoms with van der Waals surface area (Å²) in [5.41, 5.74) is 1.41. The molecule has 2 rings (SSSR count). The zero-order valence-corrected chi connectivity index (χ0v) is 28.2. The van der Waals surface area contributed by atoms with Crippen LogP contribution in [-0.4, -0.2) is 37.9 Å². The van der Waals surface area contributed by atoms with Gasteiger partial charge in [0.15, 0.2) is 0 Å². The molecule has 0 heterocycles. The molecule has 0 aliphatic carbocycles. The lowest BCUT2D eigenvalue weighted by Crippen LogP contribution is -2.35. The first-order valence-corrected chi connectivity index (χ1v) is 14.9. The highest BCUT2D eigenvalue weighted by molar-refractivity contribution is 5.95. The second kappa shape index (κ2) is 20.0. The SMILES string of the molecule is C=CCNC(=O)c1c(F)cc(NC(CC)C(F)(F)F)cc1F.C=CN/C(C)=C\C(=C(/C)c1ccc(C)c(C=C)c1NC)C(F)(F)F.CC. The van der Waals surface area contributed by atoms with Crippen molar-refractivity contribution in [2.45, 2.75) is 66.4 Å². The van der Waals surface area contributed by atoms with Gasteiger partial charge in [-0.05, 0) is 62.7 Å². The number of aryl methyl sites for hydroxylation is 1. The van der Waals surface area contributed by atoms with E-state index in [1.165, 1.54) is 26.1 Å². The zero-order chi connectivity index (χ0) is 37.4. The molecule has 1 amide bonds. The smallest absolute Gasteiger partial charge is 0.387 e. The summed E-state index contributed by atoms with van der Waals surface area (Å²) in [5.74, 6) is -3.51. The Bertz CT molecular complexity index is 1450. The monoisotopic (exact) mass is 688 g/mol. The molecule has 2 aromatic carbocycles. The lowest BCUT2D eigenvalue weighted by Gasteiger charge is -2.21. The number of benzene rings is 2. The number of rotatable bonds is 12. The Hall–Kier alpha value is -4.55. The maximum atomic E-state index is 13.8. The van der Waals surface area contributed by atoms with Crippen molar-refractivity contribution in [3.8, 4) is 0 Å². The normalized spacial score (nSPS) is 12.5. The third-order valence-electron chi connectivity index (χ3n) is 6.54. The van der Waals surface area contributed by atoms with Crippen LogP contribution in [0.1, 0.15) is 68.1 Å². The van der Waals surface area contributed by atoms with Crippen LogP contribution in [0.2, 0.25) is 0 Å². The van der Waals surface area contributed by atoms with Crippen molar-refractivity contribution >= 4 is 28.9 Å². The second-order valence-corrected chi connectivity index (χ2v) is 9.85. The molecule has 1 atom stereocenters. The minimum atomic E-state index is -4.55. The largest absolute Gasteiger partial charge is 0.416 e. The van der Waals surface area contributed by atoms with Gasteiger partial charge in [0, 0.05) is 41.8 Å². The number of amides is 1. The van der Waals surface area contributed by atoms with E-state index in [4.69, 9.17) is 0 Å². The van der Waals surface area contributed by atoms with Gasteiger partial charge in [0.05, 0.1) is 5.57 Å². The van der Waals surface area contributed by atoms with E-state index in [9.17, 15) is 39.9 Å². The summed E-state index contributed by atoms with van der Waals surface area (Å²) in [4.78, 5) is 11.6. The van der Waals surface area contributed by atoms with Crippen molar-refractivity contribution in [2.75, 3.05) is 24.2 Å². The number of hydrogen-bond donors (Lipinski definition) is 4. The molecule has 48 heavy (non-hydrogen) atoms. The van der Waals surface area contributed by atoms with Gasteiger partial charge in [0.2, 0.25) is 0 Å². The van der Waals surface area contributed by atoms with Gasteiger partial charge in [-0.1, -0.05) is 58.2 Å². The molecular formula is C35H44F8N4O. The van der Waals surface area contributed by atoms with Crippen LogP contribution in [0.3, 0.4) is 0 Å². The van der Waals surface area contributed by atoms with E-state index in [1.54, 1.807) is 32.2 Å². The number of halogens is 8. The second-order valence-electron chi connectivity index (χ2n) is 9.85. The van der Waals surface area contributed by atoms with Gasteiger partial charge in [0.25, 0.3) is 5.91 Å². The van der Waals surface area contributed by atoms with Crippen LogP contribution >= 0.6 is 0 Å². The van der Waals surface area contributed by atoms with Crippen LogP contribution in [0, 0.1) is 18.6 Å². The van der Waals surface area contributed by atoms with Gasteiger partial charge in [0.1, 0.15) is 23.2 Å². The maximum Gasteiger partial charge on any atom is 0.416 e. The van der Waals surface area contributed by atoms with Crippen molar-refractivity contribution < 1.29 is 39.9 Å².